The molecule has 14 heteroatoms. The number of hydrogen-bond donors (Lipinski definition) is 3. The summed E-state index contributed by atoms with van der Waals surface area (Å²) in [6.07, 6.45) is 6.59. The first-order valence-corrected chi connectivity index (χ1v) is 18.9. The molecule has 4 aromatic heterocycles. The van der Waals surface area contributed by atoms with Gasteiger partial charge in [-0.3, -0.25) is 14.7 Å². The number of amides is 2. The van der Waals surface area contributed by atoms with E-state index < -0.39 is 17.4 Å². The number of nitrogens with one attached hydrogen (secondary N) is 1. The standard InChI is InChI=1S/C29H22IN5O.C10H8IN5O/c30-28-32-18-19-16-17-23-25(27(31)36)34-35(26(23)24(19)33-28)29(20-10-4-1-5-11-20,21-12-6-2-7-13-21)22-14-8-3-9-15-22;11-10-13-3-4-1-2-5-7(6(4)14-10)15-16-8(5)9(12)17/h1-15,18H,16-17H2,(H2,31,36);3H,1-2H2,(H2,12,17)(H,15,16). The van der Waals surface area contributed by atoms with Gasteiger partial charge in [0, 0.05) is 68.7 Å². The summed E-state index contributed by atoms with van der Waals surface area (Å²) >= 11 is 4.18. The van der Waals surface area contributed by atoms with Crippen LogP contribution in [0.15, 0.2) is 103 Å². The molecule has 3 aromatic carbocycles. The smallest absolute Gasteiger partial charge is 0.269 e. The van der Waals surface area contributed by atoms with Crippen LogP contribution in [0, 0.1) is 7.66 Å². The number of H-pyrrole nitrogens is 1. The lowest BCUT2D eigenvalue weighted by molar-refractivity contribution is 0.0985. The fourth-order valence-corrected chi connectivity index (χ4v) is 8.11. The van der Waals surface area contributed by atoms with Gasteiger partial charge in [-0.2, -0.15) is 10.2 Å². The second kappa shape index (κ2) is 14.2. The van der Waals surface area contributed by atoms with Crippen LogP contribution in [0.3, 0.4) is 0 Å². The molecule has 5 N–H and O–H groups in total. The van der Waals surface area contributed by atoms with Gasteiger partial charge < -0.3 is 11.5 Å². The normalized spacial score (nSPS) is 12.7. The van der Waals surface area contributed by atoms with Gasteiger partial charge in [-0.05, 0) is 53.5 Å². The molecule has 0 atom stereocenters. The number of benzene rings is 3. The highest BCUT2D eigenvalue weighted by Crippen LogP contribution is 2.46. The van der Waals surface area contributed by atoms with E-state index in [0.717, 1.165) is 81.0 Å². The number of fused-ring (bicyclic) bond motifs is 6. The van der Waals surface area contributed by atoms with Crippen molar-refractivity contribution < 1.29 is 9.59 Å². The fourth-order valence-electron chi connectivity index (χ4n) is 7.35. The Morgan fingerprint density at radius 1 is 0.642 bits per heavy atom. The number of hydrogen-bond acceptors (Lipinski definition) is 8. The summed E-state index contributed by atoms with van der Waals surface area (Å²) in [6, 6.07) is 30.8. The maximum absolute atomic E-state index is 12.7. The van der Waals surface area contributed by atoms with Gasteiger partial charge in [0.25, 0.3) is 11.8 Å². The summed E-state index contributed by atoms with van der Waals surface area (Å²) < 4.78 is 3.28. The summed E-state index contributed by atoms with van der Waals surface area (Å²) in [5.74, 6) is -1.02. The van der Waals surface area contributed by atoms with Crippen LogP contribution in [0.1, 0.15) is 59.9 Å². The zero-order chi connectivity index (χ0) is 36.7. The Balaban J connectivity index is 0.000000196. The maximum Gasteiger partial charge on any atom is 0.269 e. The second-order valence-electron chi connectivity index (χ2n) is 12.6. The molecule has 2 amide bonds. The van der Waals surface area contributed by atoms with E-state index in [1.807, 2.05) is 71.7 Å². The third kappa shape index (κ3) is 6.08. The molecule has 0 fully saturated rings. The van der Waals surface area contributed by atoms with Crippen LogP contribution >= 0.6 is 45.2 Å². The maximum atomic E-state index is 12.7. The lowest BCUT2D eigenvalue weighted by Gasteiger charge is -2.38. The molecule has 262 valence electrons. The summed E-state index contributed by atoms with van der Waals surface area (Å²) in [6.45, 7) is 0. The predicted octanol–water partition coefficient (Wildman–Crippen LogP) is 5.65. The van der Waals surface area contributed by atoms with E-state index in [4.69, 9.17) is 21.5 Å². The highest BCUT2D eigenvalue weighted by Gasteiger charge is 2.44. The molecule has 9 rings (SSSR count). The Labute approximate surface area is 331 Å². The minimum absolute atomic E-state index is 0.288. The molecular formula is C39H30I2N10O2. The van der Waals surface area contributed by atoms with E-state index >= 15 is 0 Å². The quantitative estimate of drug-likeness (QED) is 0.109. The topological polar surface area (TPSA) is 184 Å². The molecule has 2 aliphatic carbocycles. The van der Waals surface area contributed by atoms with Crippen LogP contribution in [0.4, 0.5) is 0 Å². The fraction of sp³-hybridized carbons (Fsp3) is 0.128. The molecule has 0 unspecified atom stereocenters. The Morgan fingerprint density at radius 2 is 1.13 bits per heavy atom. The Hall–Kier alpha value is -5.36. The summed E-state index contributed by atoms with van der Waals surface area (Å²) in [7, 11) is 0. The molecular weight excluding hydrogens is 894 g/mol. The lowest BCUT2D eigenvalue weighted by Crippen LogP contribution is -2.39. The third-order valence-corrected chi connectivity index (χ3v) is 10.7. The van der Waals surface area contributed by atoms with Gasteiger partial charge in [-0.15, -0.1) is 0 Å². The Kier molecular flexibility index (Phi) is 9.32. The number of primary amides is 2. The van der Waals surface area contributed by atoms with Crippen molar-refractivity contribution >= 4 is 57.0 Å². The van der Waals surface area contributed by atoms with Gasteiger partial charge in [-0.25, -0.2) is 24.6 Å². The molecule has 4 heterocycles. The van der Waals surface area contributed by atoms with Gasteiger partial charge in [0.15, 0.2) is 13.4 Å². The highest BCUT2D eigenvalue weighted by molar-refractivity contribution is 14.1. The monoisotopic (exact) mass is 924 g/mol. The predicted molar refractivity (Wildman–Crippen MR) is 215 cm³/mol. The number of carbonyl (C=O) groups excluding carboxylic acids is 2. The van der Waals surface area contributed by atoms with E-state index in [1.54, 1.807) is 0 Å². The Bertz CT molecular complexity index is 2410. The van der Waals surface area contributed by atoms with Gasteiger partial charge in [0.05, 0.1) is 17.1 Å². The van der Waals surface area contributed by atoms with Gasteiger partial charge in [-0.1, -0.05) is 91.0 Å². The van der Waals surface area contributed by atoms with Crippen molar-refractivity contribution in [3.8, 4) is 22.8 Å². The first kappa shape index (κ1) is 34.7. The number of aromatic nitrogens is 8. The first-order valence-electron chi connectivity index (χ1n) is 16.8. The van der Waals surface area contributed by atoms with Crippen molar-refractivity contribution in [2.75, 3.05) is 0 Å². The number of aryl methyl sites for hydroxylation is 2. The lowest BCUT2D eigenvalue weighted by atomic mass is 9.76. The van der Waals surface area contributed by atoms with Crippen LogP contribution < -0.4 is 11.5 Å². The minimum Gasteiger partial charge on any atom is -0.364 e. The van der Waals surface area contributed by atoms with Crippen LogP contribution in [0.5, 0.6) is 0 Å². The van der Waals surface area contributed by atoms with Crippen molar-refractivity contribution in [2.24, 2.45) is 11.5 Å². The summed E-state index contributed by atoms with van der Waals surface area (Å²) in [5, 5.41) is 11.8. The average molecular weight is 925 g/mol. The van der Waals surface area contributed by atoms with Crippen molar-refractivity contribution in [1.82, 2.24) is 39.9 Å². The number of nitrogens with two attached hydrogens (primary N) is 2. The molecule has 0 bridgehead atoms. The average Bonchev–Trinajstić information content (AvgIpc) is 3.81. The number of carbonyl (C=O) groups is 2. The number of halogens is 2. The minimum atomic E-state index is -0.882. The molecule has 0 spiro atoms. The van der Waals surface area contributed by atoms with Gasteiger partial charge in [0.1, 0.15) is 16.9 Å². The summed E-state index contributed by atoms with van der Waals surface area (Å²) in [5.41, 5.74) is 20.9. The second-order valence-corrected chi connectivity index (χ2v) is 14.5. The van der Waals surface area contributed by atoms with Crippen molar-refractivity contribution in [3.63, 3.8) is 0 Å². The SMILES string of the molecule is NC(=O)c1[nH]nc2c1CCc1cnc(I)nc1-2.NC(=O)c1nn(C(c2ccccc2)(c2ccccc2)c2ccccc2)c2c1CCc1cnc(I)nc1-2. The molecule has 0 saturated heterocycles. The molecule has 0 radical (unpaired) electrons. The number of rotatable bonds is 6. The van der Waals surface area contributed by atoms with E-state index in [9.17, 15) is 9.59 Å². The van der Waals surface area contributed by atoms with Crippen molar-refractivity contribution in [2.45, 2.75) is 31.2 Å². The Morgan fingerprint density at radius 3 is 1.64 bits per heavy atom. The molecule has 53 heavy (non-hydrogen) atoms. The van der Waals surface area contributed by atoms with E-state index in [1.165, 1.54) is 0 Å². The zero-order valence-corrected chi connectivity index (χ0v) is 32.3. The molecule has 7 aromatic rings. The molecule has 0 aliphatic heterocycles. The number of aromatic amines is 1. The van der Waals surface area contributed by atoms with Crippen LogP contribution in [0.2, 0.25) is 0 Å². The van der Waals surface area contributed by atoms with Gasteiger partial charge >= 0.3 is 0 Å². The molecule has 2 aliphatic rings. The molecule has 12 nitrogen and oxygen atoms in total. The van der Waals surface area contributed by atoms with Gasteiger partial charge in [0.2, 0.25) is 0 Å². The highest BCUT2D eigenvalue weighted by atomic mass is 127. The summed E-state index contributed by atoms with van der Waals surface area (Å²) in [4.78, 5) is 41.7. The van der Waals surface area contributed by atoms with Crippen LogP contribution in [-0.2, 0) is 31.2 Å². The largest absolute Gasteiger partial charge is 0.364 e. The van der Waals surface area contributed by atoms with Crippen molar-refractivity contribution in [1.29, 1.82) is 0 Å². The number of nitrogens with zero attached hydrogens (tertiary/aromatic N) is 7. The van der Waals surface area contributed by atoms with E-state index in [2.05, 4.69) is 107 Å². The van der Waals surface area contributed by atoms with E-state index in [-0.39, 0.29) is 5.69 Å². The van der Waals surface area contributed by atoms with Crippen LogP contribution in [0.25, 0.3) is 22.8 Å². The third-order valence-electron chi connectivity index (χ3n) is 9.63. The zero-order valence-electron chi connectivity index (χ0n) is 28.0. The molecule has 0 saturated carbocycles. The van der Waals surface area contributed by atoms with E-state index in [0.29, 0.717) is 19.8 Å². The van der Waals surface area contributed by atoms with Crippen molar-refractivity contribution in [3.05, 3.63) is 161 Å². The van der Waals surface area contributed by atoms with Crippen LogP contribution in [-0.4, -0.2) is 51.7 Å². The first-order chi connectivity index (χ1) is 25.8.